The Bertz CT molecular complexity index is 1190. The van der Waals surface area contributed by atoms with Gasteiger partial charge in [0.25, 0.3) is 0 Å². The van der Waals surface area contributed by atoms with Crippen LogP contribution in [0, 0.1) is 5.41 Å². The van der Waals surface area contributed by atoms with Gasteiger partial charge in [-0.15, -0.1) is 23.1 Å². The Hall–Kier alpha value is -2.77. The molecule has 0 saturated heterocycles. The van der Waals surface area contributed by atoms with Gasteiger partial charge in [0.2, 0.25) is 9.84 Å². The van der Waals surface area contributed by atoms with E-state index in [0.29, 0.717) is 20.4 Å². The molecule has 7 nitrogen and oxygen atoms in total. The summed E-state index contributed by atoms with van der Waals surface area (Å²) < 4.78 is 63.7. The van der Waals surface area contributed by atoms with E-state index < -0.39 is 22.0 Å². The van der Waals surface area contributed by atoms with E-state index in [-0.39, 0.29) is 15.6 Å². The van der Waals surface area contributed by atoms with Gasteiger partial charge in [0.05, 0.1) is 25.1 Å². The van der Waals surface area contributed by atoms with Crippen molar-refractivity contribution in [2.45, 2.75) is 20.2 Å². The maximum absolute atomic E-state index is 13.0. The van der Waals surface area contributed by atoms with Crippen LogP contribution in [-0.2, 0) is 14.6 Å². The number of hydrogen-bond acceptors (Lipinski definition) is 7. The third-order valence-corrected chi connectivity index (χ3v) is 7.94. The van der Waals surface area contributed by atoms with Crippen molar-refractivity contribution >= 4 is 44.7 Å². The van der Waals surface area contributed by atoms with Gasteiger partial charge in [-0.1, -0.05) is 12.1 Å². The Morgan fingerprint density at radius 3 is 2.35 bits per heavy atom. The van der Waals surface area contributed by atoms with Gasteiger partial charge in [-0.05, 0) is 36.6 Å². The maximum Gasteiger partial charge on any atom is 0.490 e. The summed E-state index contributed by atoms with van der Waals surface area (Å²) in [7, 11) is -3.71. The average molecular weight is 493 g/mol. The monoisotopic (exact) mass is 492 g/mol. The minimum absolute atomic E-state index is 0.138. The first-order valence-electron chi connectivity index (χ1n) is 8.09. The number of alkyl halides is 3. The second kappa shape index (κ2) is 9.58. The van der Waals surface area contributed by atoms with Crippen LogP contribution in [0.3, 0.4) is 0 Å². The summed E-state index contributed by atoms with van der Waals surface area (Å²) in [4.78, 5) is 9.70. The van der Waals surface area contributed by atoms with E-state index in [1.54, 1.807) is 48.9 Å². The zero-order valence-electron chi connectivity index (χ0n) is 15.6. The second-order valence-corrected chi connectivity index (χ2v) is 9.74. The third kappa shape index (κ3) is 5.89. The lowest BCUT2D eigenvalue weighted by molar-refractivity contribution is -0.192. The summed E-state index contributed by atoms with van der Waals surface area (Å²) in [5.41, 5.74) is 6.19. The summed E-state index contributed by atoms with van der Waals surface area (Å²) in [6.07, 6.45) is -1.74. The number of benzene rings is 1. The largest absolute Gasteiger partial charge is 0.490 e. The number of sulfone groups is 1. The Kier molecular flexibility index (Phi) is 7.57. The number of nitrogens with two attached hydrogens (primary N) is 1. The number of carboxylic acid groups (broad SMARTS) is 1. The molecule has 0 bridgehead atoms. The fourth-order valence-corrected chi connectivity index (χ4v) is 6.11. The number of carboxylic acids is 1. The molecular formula is C18H15F3N2O5S3. The van der Waals surface area contributed by atoms with Crippen LogP contribution in [-0.4, -0.2) is 37.8 Å². The summed E-state index contributed by atoms with van der Waals surface area (Å²) >= 11 is 2.53. The number of halogens is 3. The molecule has 1 aromatic carbocycles. The van der Waals surface area contributed by atoms with Gasteiger partial charge < -0.3 is 15.3 Å². The predicted molar refractivity (Wildman–Crippen MR) is 110 cm³/mol. The first kappa shape index (κ1) is 24.5. The van der Waals surface area contributed by atoms with Gasteiger partial charge in [-0.3, -0.25) is 5.41 Å². The molecule has 0 aliphatic rings. The molecular weight excluding hydrogens is 477 g/mol. The molecule has 0 amide bonds. The van der Waals surface area contributed by atoms with Gasteiger partial charge >= 0.3 is 12.1 Å². The Balaban J connectivity index is 0.000000423. The van der Waals surface area contributed by atoms with Crippen molar-refractivity contribution in [1.82, 2.24) is 0 Å². The zero-order valence-corrected chi connectivity index (χ0v) is 18.1. The quantitative estimate of drug-likeness (QED) is 0.272. The van der Waals surface area contributed by atoms with Gasteiger partial charge in [0.1, 0.15) is 11.6 Å². The van der Waals surface area contributed by atoms with Crippen molar-refractivity contribution < 1.29 is 35.9 Å². The molecule has 2 aromatic heterocycles. The fourth-order valence-electron chi connectivity index (χ4n) is 2.21. The van der Waals surface area contributed by atoms with E-state index in [1.807, 2.05) is 0 Å². The molecule has 2 heterocycles. The van der Waals surface area contributed by atoms with E-state index in [9.17, 15) is 21.6 Å². The highest BCUT2D eigenvalue weighted by atomic mass is 32.2. The van der Waals surface area contributed by atoms with Gasteiger partial charge in [0.15, 0.2) is 0 Å². The average Bonchev–Trinajstić information content (AvgIpc) is 3.38. The molecule has 3 rings (SSSR count). The Morgan fingerprint density at radius 1 is 1.23 bits per heavy atom. The van der Waals surface area contributed by atoms with Crippen molar-refractivity contribution in [1.29, 1.82) is 5.41 Å². The van der Waals surface area contributed by atoms with Crippen LogP contribution in [0.4, 0.5) is 13.2 Å². The molecule has 0 aliphatic carbocycles. The van der Waals surface area contributed by atoms with Gasteiger partial charge in [-0.25, -0.2) is 13.2 Å². The number of nitrogen functional groups attached to an aromatic ring is 1. The van der Waals surface area contributed by atoms with Crippen LogP contribution in [0.15, 0.2) is 67.1 Å². The number of aliphatic carboxylic acids is 1. The molecule has 0 saturated carbocycles. The van der Waals surface area contributed by atoms with Crippen LogP contribution >= 0.6 is 23.1 Å². The van der Waals surface area contributed by atoms with Gasteiger partial charge in [0, 0.05) is 5.56 Å². The van der Waals surface area contributed by atoms with Gasteiger partial charge in [-0.2, -0.15) is 13.2 Å². The number of thiophene rings is 1. The van der Waals surface area contributed by atoms with E-state index in [1.165, 1.54) is 29.2 Å². The van der Waals surface area contributed by atoms with Crippen LogP contribution in [0.5, 0.6) is 0 Å². The van der Waals surface area contributed by atoms with Crippen molar-refractivity contribution in [2.75, 3.05) is 6.26 Å². The molecule has 3 aromatic rings. The zero-order chi connectivity index (χ0) is 23.4. The lowest BCUT2D eigenvalue weighted by Crippen LogP contribution is -2.21. The van der Waals surface area contributed by atoms with Crippen LogP contribution < -0.4 is 5.73 Å². The molecule has 0 spiro atoms. The molecule has 31 heavy (non-hydrogen) atoms. The number of hydrogen-bond donors (Lipinski definition) is 3. The number of amidine groups is 1. The first-order valence-corrected chi connectivity index (χ1v) is 11.6. The topological polar surface area (TPSA) is 134 Å². The number of nitrogens with one attached hydrogen (secondary N) is 1. The maximum atomic E-state index is 13.0. The number of furan rings is 1. The highest BCUT2D eigenvalue weighted by Gasteiger charge is 2.38. The second-order valence-electron chi connectivity index (χ2n) is 5.69. The van der Waals surface area contributed by atoms with Crippen LogP contribution in [0.2, 0.25) is 0 Å². The molecule has 0 aliphatic heterocycles. The molecule has 0 radical (unpaired) electrons. The highest BCUT2D eigenvalue weighted by molar-refractivity contribution is 8.01. The molecule has 0 atom stereocenters. The van der Waals surface area contributed by atoms with E-state index >= 15 is 0 Å². The summed E-state index contributed by atoms with van der Waals surface area (Å²) in [6, 6.07) is 11.6. The molecule has 0 unspecified atom stereocenters. The van der Waals surface area contributed by atoms with Crippen LogP contribution in [0.1, 0.15) is 4.88 Å². The van der Waals surface area contributed by atoms with Crippen LogP contribution in [0.25, 0.3) is 11.3 Å². The predicted octanol–water partition coefficient (Wildman–Crippen LogP) is 4.48. The third-order valence-electron chi connectivity index (χ3n) is 3.60. The fraction of sp³-hybridized carbons (Fsp3) is 0.111. The van der Waals surface area contributed by atoms with Crippen molar-refractivity contribution in [3.05, 3.63) is 53.6 Å². The minimum Gasteiger partial charge on any atom is -0.475 e. The SMILES string of the molecule is CSc1sc(C(=N)N)cc1S(=O)(=O)c1cccc(-c2ccco2)c1.O=C(O)C(F)(F)F. The Labute approximate surface area is 183 Å². The van der Waals surface area contributed by atoms with Crippen molar-refractivity contribution in [2.24, 2.45) is 5.73 Å². The number of carbonyl (C=O) groups is 1. The molecule has 4 N–H and O–H groups in total. The Morgan fingerprint density at radius 2 is 1.87 bits per heavy atom. The number of rotatable bonds is 5. The summed E-state index contributed by atoms with van der Waals surface area (Å²) in [5, 5.41) is 14.7. The number of thioether (sulfide) groups is 1. The molecule has 166 valence electrons. The lowest BCUT2D eigenvalue weighted by Gasteiger charge is -2.06. The normalized spacial score (nSPS) is 11.5. The summed E-state index contributed by atoms with van der Waals surface area (Å²) in [5.74, 6) is -2.29. The molecule has 13 heteroatoms. The molecule has 0 fully saturated rings. The standard InChI is InChI=1S/C16H14N2O3S3.C2HF3O2/c1-22-16-14(9-13(23-16)15(17)18)24(19,20)11-5-2-4-10(8-11)12-6-3-7-21-12;3-2(4,5)1(6)7/h2-9H,1H3,(H3,17,18);(H,6,7). The summed E-state index contributed by atoms with van der Waals surface area (Å²) in [6.45, 7) is 0. The van der Waals surface area contributed by atoms with Crippen molar-refractivity contribution in [3.63, 3.8) is 0 Å². The minimum atomic E-state index is -5.08. The van der Waals surface area contributed by atoms with Crippen molar-refractivity contribution in [3.8, 4) is 11.3 Å². The smallest absolute Gasteiger partial charge is 0.475 e. The first-order chi connectivity index (χ1) is 14.4. The lowest BCUT2D eigenvalue weighted by atomic mass is 10.2. The van der Waals surface area contributed by atoms with E-state index in [4.69, 9.17) is 25.5 Å². The van der Waals surface area contributed by atoms with E-state index in [2.05, 4.69) is 0 Å². The highest BCUT2D eigenvalue weighted by Crippen LogP contribution is 2.37. The van der Waals surface area contributed by atoms with E-state index in [0.717, 1.165) is 0 Å².